The summed E-state index contributed by atoms with van der Waals surface area (Å²) in [5, 5.41) is 2.77. The Morgan fingerprint density at radius 2 is 2.11 bits per heavy atom. The van der Waals surface area contributed by atoms with E-state index in [9.17, 15) is 4.79 Å². The zero-order chi connectivity index (χ0) is 14.1. The Morgan fingerprint density at radius 3 is 2.79 bits per heavy atom. The third-order valence-electron chi connectivity index (χ3n) is 2.39. The molecule has 0 aromatic heterocycles. The number of benzene rings is 1. The average molecular weight is 267 g/mol. The van der Waals surface area contributed by atoms with Crippen LogP contribution in [0.3, 0.4) is 0 Å². The summed E-state index contributed by atoms with van der Waals surface area (Å²) in [6.07, 6.45) is 0. The molecular formula is C14H21NO4. The topological polar surface area (TPSA) is 56.8 Å². The number of carbonyl (C=O) groups is 1. The molecule has 5 nitrogen and oxygen atoms in total. The predicted octanol–water partition coefficient (Wildman–Crippen LogP) is 2.00. The maximum absolute atomic E-state index is 11.6. The lowest BCUT2D eigenvalue weighted by Gasteiger charge is -2.13. The lowest BCUT2D eigenvalue weighted by atomic mass is 10.2. The summed E-state index contributed by atoms with van der Waals surface area (Å²) in [7, 11) is 1.62. The first kappa shape index (κ1) is 15.5. The predicted molar refractivity (Wildman–Crippen MR) is 73.7 cm³/mol. The number of hydrogen-bond donors (Lipinski definition) is 1. The van der Waals surface area contributed by atoms with Crippen LogP contribution in [0.25, 0.3) is 0 Å². The maximum atomic E-state index is 11.6. The van der Waals surface area contributed by atoms with Crippen LogP contribution in [0.1, 0.15) is 12.5 Å². The van der Waals surface area contributed by atoms with Gasteiger partial charge in [-0.3, -0.25) is 4.79 Å². The minimum Gasteiger partial charge on any atom is -0.489 e. The van der Waals surface area contributed by atoms with Crippen molar-refractivity contribution in [3.63, 3.8) is 0 Å². The molecule has 1 aromatic rings. The fourth-order valence-electron chi connectivity index (χ4n) is 1.47. The van der Waals surface area contributed by atoms with Gasteiger partial charge in [0.15, 0.2) is 0 Å². The Bertz CT molecular complexity index is 406. The van der Waals surface area contributed by atoms with Crippen molar-refractivity contribution in [2.45, 2.75) is 13.8 Å². The van der Waals surface area contributed by atoms with Crippen LogP contribution in [0.15, 0.2) is 18.2 Å². The summed E-state index contributed by atoms with van der Waals surface area (Å²) >= 11 is 0. The molecule has 1 aromatic carbocycles. The van der Waals surface area contributed by atoms with Crippen LogP contribution in [-0.4, -0.2) is 39.4 Å². The molecular weight excluding hydrogens is 246 g/mol. The Balaban J connectivity index is 2.67. The summed E-state index contributed by atoms with van der Waals surface area (Å²) in [6.45, 7) is 5.31. The van der Waals surface area contributed by atoms with E-state index in [0.717, 1.165) is 5.56 Å². The van der Waals surface area contributed by atoms with Gasteiger partial charge >= 0.3 is 0 Å². The van der Waals surface area contributed by atoms with Crippen LogP contribution < -0.4 is 10.1 Å². The van der Waals surface area contributed by atoms with E-state index in [4.69, 9.17) is 14.2 Å². The van der Waals surface area contributed by atoms with Gasteiger partial charge in [0.05, 0.1) is 12.3 Å². The molecule has 0 aliphatic heterocycles. The van der Waals surface area contributed by atoms with E-state index in [0.29, 0.717) is 31.3 Å². The zero-order valence-electron chi connectivity index (χ0n) is 11.7. The van der Waals surface area contributed by atoms with Gasteiger partial charge in [0.2, 0.25) is 5.91 Å². The lowest BCUT2D eigenvalue weighted by Crippen LogP contribution is -2.19. The van der Waals surface area contributed by atoms with Crippen LogP contribution in [0.2, 0.25) is 0 Å². The molecule has 106 valence electrons. The number of nitrogens with one attached hydrogen (secondary N) is 1. The van der Waals surface area contributed by atoms with Gasteiger partial charge in [-0.2, -0.15) is 0 Å². The number of anilines is 1. The molecule has 0 aliphatic carbocycles. The Kier molecular flexibility index (Phi) is 6.92. The number of aryl methyl sites for hydroxylation is 1. The second-order valence-electron chi connectivity index (χ2n) is 4.03. The van der Waals surface area contributed by atoms with E-state index in [2.05, 4.69) is 5.32 Å². The summed E-state index contributed by atoms with van der Waals surface area (Å²) in [5.41, 5.74) is 1.71. The molecule has 1 amide bonds. The van der Waals surface area contributed by atoms with Crippen molar-refractivity contribution < 1.29 is 19.0 Å². The van der Waals surface area contributed by atoms with Gasteiger partial charge in [-0.15, -0.1) is 0 Å². The molecule has 0 heterocycles. The number of rotatable bonds is 8. The fraction of sp³-hybridized carbons (Fsp3) is 0.500. The number of carbonyl (C=O) groups excluding carboxylic acids is 1. The summed E-state index contributed by atoms with van der Waals surface area (Å²) in [5.74, 6) is 0.448. The van der Waals surface area contributed by atoms with Crippen molar-refractivity contribution in [2.24, 2.45) is 0 Å². The Morgan fingerprint density at radius 1 is 1.32 bits per heavy atom. The monoisotopic (exact) mass is 267 g/mol. The molecule has 0 atom stereocenters. The van der Waals surface area contributed by atoms with E-state index < -0.39 is 0 Å². The lowest BCUT2D eigenvalue weighted by molar-refractivity contribution is -0.120. The SMILES string of the molecule is CCOCC(=O)Nc1ccc(C)cc1OCCOC. The standard InChI is InChI=1S/C14H21NO4/c1-4-18-10-14(16)15-12-6-5-11(2)9-13(12)19-8-7-17-3/h5-6,9H,4,7-8,10H2,1-3H3,(H,15,16). The quantitative estimate of drug-likeness (QED) is 0.732. The normalized spacial score (nSPS) is 10.3. The van der Waals surface area contributed by atoms with Crippen molar-refractivity contribution in [1.29, 1.82) is 0 Å². The summed E-state index contributed by atoms with van der Waals surface area (Å²) in [4.78, 5) is 11.6. The van der Waals surface area contributed by atoms with Crippen molar-refractivity contribution in [3.05, 3.63) is 23.8 Å². The van der Waals surface area contributed by atoms with E-state index in [-0.39, 0.29) is 12.5 Å². The Labute approximate surface area is 113 Å². The minimum absolute atomic E-state index is 0.0435. The smallest absolute Gasteiger partial charge is 0.250 e. The van der Waals surface area contributed by atoms with Gasteiger partial charge in [0.25, 0.3) is 0 Å². The highest BCUT2D eigenvalue weighted by molar-refractivity contribution is 5.93. The highest BCUT2D eigenvalue weighted by Gasteiger charge is 2.08. The molecule has 0 unspecified atom stereocenters. The van der Waals surface area contributed by atoms with E-state index in [1.165, 1.54) is 0 Å². The first-order chi connectivity index (χ1) is 9.17. The van der Waals surface area contributed by atoms with Gasteiger partial charge < -0.3 is 19.5 Å². The molecule has 0 spiro atoms. The van der Waals surface area contributed by atoms with Crippen LogP contribution in [0.4, 0.5) is 5.69 Å². The second-order valence-corrected chi connectivity index (χ2v) is 4.03. The van der Waals surface area contributed by atoms with Gasteiger partial charge in [0.1, 0.15) is 19.0 Å². The van der Waals surface area contributed by atoms with Gasteiger partial charge in [-0.25, -0.2) is 0 Å². The molecule has 0 saturated carbocycles. The van der Waals surface area contributed by atoms with E-state index in [1.54, 1.807) is 7.11 Å². The molecule has 0 fully saturated rings. The Hall–Kier alpha value is -1.59. The van der Waals surface area contributed by atoms with Crippen molar-refractivity contribution in [1.82, 2.24) is 0 Å². The molecule has 1 N–H and O–H groups in total. The molecule has 1 rings (SSSR count). The second kappa shape index (κ2) is 8.50. The third kappa shape index (κ3) is 5.72. The van der Waals surface area contributed by atoms with Crippen LogP contribution in [0, 0.1) is 6.92 Å². The number of amides is 1. The molecule has 0 saturated heterocycles. The van der Waals surface area contributed by atoms with Crippen LogP contribution in [-0.2, 0) is 14.3 Å². The highest BCUT2D eigenvalue weighted by Crippen LogP contribution is 2.25. The van der Waals surface area contributed by atoms with Crippen molar-refractivity contribution in [3.8, 4) is 5.75 Å². The highest BCUT2D eigenvalue weighted by atomic mass is 16.5. The summed E-state index contributed by atoms with van der Waals surface area (Å²) in [6, 6.07) is 5.62. The van der Waals surface area contributed by atoms with Gasteiger partial charge in [-0.1, -0.05) is 6.07 Å². The van der Waals surface area contributed by atoms with E-state index >= 15 is 0 Å². The van der Waals surface area contributed by atoms with Gasteiger partial charge in [0, 0.05) is 13.7 Å². The zero-order valence-corrected chi connectivity index (χ0v) is 11.7. The first-order valence-electron chi connectivity index (χ1n) is 6.27. The van der Waals surface area contributed by atoms with Crippen molar-refractivity contribution in [2.75, 3.05) is 38.9 Å². The molecule has 0 aliphatic rings. The number of methoxy groups -OCH3 is 1. The molecule has 19 heavy (non-hydrogen) atoms. The molecule has 0 bridgehead atoms. The van der Waals surface area contributed by atoms with Crippen LogP contribution >= 0.6 is 0 Å². The maximum Gasteiger partial charge on any atom is 0.250 e. The van der Waals surface area contributed by atoms with Crippen LogP contribution in [0.5, 0.6) is 5.75 Å². The largest absolute Gasteiger partial charge is 0.489 e. The third-order valence-corrected chi connectivity index (χ3v) is 2.39. The minimum atomic E-state index is -0.192. The number of ether oxygens (including phenoxy) is 3. The first-order valence-corrected chi connectivity index (χ1v) is 6.27. The fourth-order valence-corrected chi connectivity index (χ4v) is 1.47. The number of hydrogen-bond acceptors (Lipinski definition) is 4. The van der Waals surface area contributed by atoms with E-state index in [1.807, 2.05) is 32.0 Å². The summed E-state index contributed by atoms with van der Waals surface area (Å²) < 4.78 is 15.6. The average Bonchev–Trinajstić information content (AvgIpc) is 2.39. The van der Waals surface area contributed by atoms with Crippen molar-refractivity contribution >= 4 is 11.6 Å². The van der Waals surface area contributed by atoms with Gasteiger partial charge in [-0.05, 0) is 31.5 Å². The molecule has 5 heteroatoms. The molecule has 0 radical (unpaired) electrons.